The van der Waals surface area contributed by atoms with Gasteiger partial charge in [0.15, 0.2) is 23.0 Å². The third kappa shape index (κ3) is 4.65. The first-order valence-electron chi connectivity index (χ1n) is 16.4. The molecule has 262 valence electrons. The van der Waals surface area contributed by atoms with Gasteiger partial charge in [-0.15, -0.1) is 0 Å². The number of nitriles is 1. The quantitative estimate of drug-likeness (QED) is 0.218. The molecule has 0 unspecified atom stereocenters. The van der Waals surface area contributed by atoms with Gasteiger partial charge < -0.3 is 39.5 Å². The fourth-order valence-corrected chi connectivity index (χ4v) is 8.92. The standard InChI is InChI=1S/C37H40FN5O7/c1-16-33(47-4)20-13-25-30-29-21(34(48-5)17(2)36(50-7)32(29)45)12-24(42(30)3)26(14-39)43(25)27(28(20)31(44)35(16)49-6)15-40-37(46)23-11-18-10-19(38)8-9-22(18)41-23/h8-11,24-27,30,41,44-45H,12-13,15H2,1-7H3,(H,40,46)/t24-,25+,26+,27+,30-/m1/s1. The van der Waals surface area contributed by atoms with Crippen LogP contribution in [0.25, 0.3) is 10.9 Å². The van der Waals surface area contributed by atoms with Crippen LogP contribution in [0.3, 0.4) is 0 Å². The Morgan fingerprint density at radius 3 is 2.12 bits per heavy atom. The molecule has 13 heteroatoms. The smallest absolute Gasteiger partial charge is 0.267 e. The summed E-state index contributed by atoms with van der Waals surface area (Å²) in [6.07, 6.45) is 0.738. The Morgan fingerprint density at radius 2 is 1.52 bits per heavy atom. The molecule has 3 aromatic carbocycles. The van der Waals surface area contributed by atoms with Crippen LogP contribution in [0.5, 0.6) is 34.5 Å². The van der Waals surface area contributed by atoms with Gasteiger partial charge in [0.2, 0.25) is 0 Å². The van der Waals surface area contributed by atoms with E-state index < -0.39 is 35.9 Å². The molecule has 1 amide bonds. The number of aromatic hydroxyl groups is 2. The van der Waals surface area contributed by atoms with Crippen LogP contribution >= 0.6 is 0 Å². The first-order chi connectivity index (χ1) is 24.0. The van der Waals surface area contributed by atoms with Gasteiger partial charge in [-0.25, -0.2) is 4.39 Å². The molecular weight excluding hydrogens is 645 g/mol. The zero-order chi connectivity index (χ0) is 35.8. The lowest BCUT2D eigenvalue weighted by Crippen LogP contribution is -2.68. The van der Waals surface area contributed by atoms with Crippen molar-refractivity contribution >= 4 is 16.8 Å². The number of methoxy groups -OCH3 is 4. The van der Waals surface area contributed by atoms with E-state index in [1.165, 1.54) is 26.4 Å². The number of aromatic nitrogens is 1. The number of benzene rings is 3. The van der Waals surface area contributed by atoms with E-state index in [-0.39, 0.29) is 35.5 Å². The van der Waals surface area contributed by atoms with Crippen LogP contribution in [-0.2, 0) is 12.8 Å². The lowest BCUT2D eigenvalue weighted by molar-refractivity contribution is -0.0724. The maximum atomic E-state index is 13.9. The molecule has 12 nitrogen and oxygen atoms in total. The van der Waals surface area contributed by atoms with Crippen molar-refractivity contribution in [3.05, 3.63) is 69.2 Å². The largest absolute Gasteiger partial charge is 0.504 e. The molecule has 5 atom stereocenters. The molecule has 1 aromatic heterocycles. The summed E-state index contributed by atoms with van der Waals surface area (Å²) < 4.78 is 37.2. The predicted molar refractivity (Wildman–Crippen MR) is 182 cm³/mol. The van der Waals surface area contributed by atoms with E-state index in [0.29, 0.717) is 68.8 Å². The number of rotatable bonds is 7. The maximum Gasteiger partial charge on any atom is 0.267 e. The molecule has 0 saturated carbocycles. The van der Waals surface area contributed by atoms with Crippen LogP contribution in [-0.4, -0.2) is 91.1 Å². The second-order valence-electron chi connectivity index (χ2n) is 13.2. The summed E-state index contributed by atoms with van der Waals surface area (Å²) in [4.78, 5) is 20.9. The van der Waals surface area contributed by atoms with E-state index in [4.69, 9.17) is 18.9 Å². The van der Waals surface area contributed by atoms with Gasteiger partial charge in [-0.3, -0.25) is 14.6 Å². The molecule has 1 fully saturated rings. The lowest BCUT2D eigenvalue weighted by atomic mass is 9.71. The van der Waals surface area contributed by atoms with Crippen LogP contribution in [0.15, 0.2) is 24.3 Å². The number of phenols is 2. The molecule has 7 rings (SSSR count). The van der Waals surface area contributed by atoms with Crippen molar-refractivity contribution in [3.8, 4) is 40.6 Å². The van der Waals surface area contributed by atoms with Crippen LogP contribution in [0, 0.1) is 31.0 Å². The molecule has 0 spiro atoms. The first kappa shape index (κ1) is 33.3. The summed E-state index contributed by atoms with van der Waals surface area (Å²) in [7, 11) is 8.07. The number of amides is 1. The molecule has 4 aromatic rings. The Bertz CT molecular complexity index is 2090. The predicted octanol–water partition coefficient (Wildman–Crippen LogP) is 4.57. The number of nitrogens with zero attached hydrogens (tertiary/aromatic N) is 3. The zero-order valence-corrected chi connectivity index (χ0v) is 29.0. The lowest BCUT2D eigenvalue weighted by Gasteiger charge is -2.60. The molecule has 1 saturated heterocycles. The van der Waals surface area contributed by atoms with E-state index in [0.717, 1.165) is 5.56 Å². The molecule has 0 radical (unpaired) electrons. The average molecular weight is 686 g/mol. The van der Waals surface area contributed by atoms with Crippen molar-refractivity contribution in [2.45, 2.75) is 56.9 Å². The fraction of sp³-hybridized carbons (Fsp3) is 0.405. The number of nitrogens with one attached hydrogen (secondary N) is 2. The summed E-state index contributed by atoms with van der Waals surface area (Å²) in [6.45, 7) is 3.64. The number of fused-ring (bicyclic) bond motifs is 8. The Kier molecular flexibility index (Phi) is 8.19. The van der Waals surface area contributed by atoms with E-state index in [2.05, 4.69) is 26.2 Å². The Balaban J connectivity index is 1.41. The van der Waals surface area contributed by atoms with Gasteiger partial charge in [0.25, 0.3) is 5.91 Å². The normalized spacial score (nSPS) is 22.6. The highest BCUT2D eigenvalue weighted by Gasteiger charge is 2.57. The van der Waals surface area contributed by atoms with Gasteiger partial charge in [0.1, 0.15) is 29.1 Å². The van der Waals surface area contributed by atoms with Crippen molar-refractivity contribution < 1.29 is 38.3 Å². The van der Waals surface area contributed by atoms with Crippen LogP contribution in [0.2, 0.25) is 0 Å². The molecule has 3 aliphatic rings. The van der Waals surface area contributed by atoms with Gasteiger partial charge in [-0.2, -0.15) is 5.26 Å². The zero-order valence-electron chi connectivity index (χ0n) is 29.0. The second-order valence-corrected chi connectivity index (χ2v) is 13.2. The number of aromatic amines is 1. The fourth-order valence-electron chi connectivity index (χ4n) is 8.92. The van der Waals surface area contributed by atoms with Crippen LogP contribution < -0.4 is 24.3 Å². The van der Waals surface area contributed by atoms with Crippen molar-refractivity contribution in [2.75, 3.05) is 42.0 Å². The van der Waals surface area contributed by atoms with E-state index in [9.17, 15) is 24.7 Å². The van der Waals surface area contributed by atoms with E-state index >= 15 is 0 Å². The van der Waals surface area contributed by atoms with Gasteiger partial charge in [-0.05, 0) is 58.0 Å². The van der Waals surface area contributed by atoms with Crippen molar-refractivity contribution in [3.63, 3.8) is 0 Å². The second kappa shape index (κ2) is 12.3. The number of phenolic OH excluding ortho intramolecular Hbond substituents is 2. The molecule has 50 heavy (non-hydrogen) atoms. The van der Waals surface area contributed by atoms with Gasteiger partial charge in [0, 0.05) is 62.9 Å². The van der Waals surface area contributed by atoms with Crippen LogP contribution in [0.1, 0.15) is 56.0 Å². The minimum atomic E-state index is -0.723. The van der Waals surface area contributed by atoms with Crippen LogP contribution in [0.4, 0.5) is 4.39 Å². The monoisotopic (exact) mass is 685 g/mol. The molecule has 0 aliphatic carbocycles. The summed E-state index contributed by atoms with van der Waals surface area (Å²) in [6, 6.07) is 5.74. The van der Waals surface area contributed by atoms with Gasteiger partial charge >= 0.3 is 0 Å². The summed E-state index contributed by atoms with van der Waals surface area (Å²) >= 11 is 0. The topological polar surface area (TPSA) is 153 Å². The number of H-pyrrole nitrogens is 1. The summed E-state index contributed by atoms with van der Waals surface area (Å²) in [5.74, 6) is 0.757. The minimum Gasteiger partial charge on any atom is -0.504 e. The highest BCUT2D eigenvalue weighted by Crippen LogP contribution is 2.58. The number of halogens is 1. The number of likely N-dealkylation sites (N-methyl/N-ethyl adjacent to an activating group) is 1. The average Bonchev–Trinajstić information content (AvgIpc) is 3.52. The molecule has 4 N–H and O–H groups in total. The maximum absolute atomic E-state index is 13.9. The molecule has 3 aliphatic heterocycles. The van der Waals surface area contributed by atoms with Gasteiger partial charge in [0.05, 0.1) is 46.6 Å². The number of carbonyl (C=O) groups excluding carboxylic acids is 1. The number of ether oxygens (including phenoxy) is 4. The van der Waals surface area contributed by atoms with Crippen molar-refractivity contribution in [1.82, 2.24) is 20.1 Å². The Labute approximate surface area is 288 Å². The van der Waals surface area contributed by atoms with Crippen molar-refractivity contribution in [1.29, 1.82) is 5.26 Å². The molecule has 2 bridgehead atoms. The highest BCUT2D eigenvalue weighted by atomic mass is 19.1. The van der Waals surface area contributed by atoms with Gasteiger partial charge in [-0.1, -0.05) is 0 Å². The van der Waals surface area contributed by atoms with E-state index in [1.54, 1.807) is 33.3 Å². The molecular formula is C37H40FN5O7. The number of piperazine rings is 1. The Morgan fingerprint density at radius 1 is 0.940 bits per heavy atom. The summed E-state index contributed by atoms with van der Waals surface area (Å²) in [5.41, 5.74) is 4.81. The third-order valence-corrected chi connectivity index (χ3v) is 10.9. The number of hydrogen-bond donors (Lipinski definition) is 4. The number of hydrogen-bond acceptors (Lipinski definition) is 10. The number of carbonyl (C=O) groups is 1. The van der Waals surface area contributed by atoms with Crippen molar-refractivity contribution in [2.24, 2.45) is 0 Å². The molecule has 4 heterocycles. The Hall–Kier alpha value is -5.19. The first-order valence-corrected chi connectivity index (χ1v) is 16.4. The minimum absolute atomic E-state index is 0.00426. The SMILES string of the molecule is COc1c(C)c(OC)c2c(c1O)[C@H]1[C@@H]3Cc4c(OC)c(C)c(OC)c(O)c4[C@H](CNC(=O)c4cc5cc(F)ccc5[nH]4)N3[C@@H](C#N)[C@@H](C2)N1C. The third-order valence-electron chi connectivity index (χ3n) is 10.9. The summed E-state index contributed by atoms with van der Waals surface area (Å²) in [5, 5.41) is 38.2. The highest BCUT2D eigenvalue weighted by molar-refractivity contribution is 5.98. The van der Waals surface area contributed by atoms with E-state index in [1.807, 2.05) is 14.0 Å².